The molecular formula is C12H14BrN3O. The second-order valence-corrected chi connectivity index (χ2v) is 4.87. The molecule has 1 heterocycles. The number of carbonyl (C=O) groups is 1. The molecule has 1 aromatic rings. The van der Waals surface area contributed by atoms with E-state index >= 15 is 0 Å². The van der Waals surface area contributed by atoms with Gasteiger partial charge in [-0.05, 0) is 53.4 Å². The number of amides is 1. The summed E-state index contributed by atoms with van der Waals surface area (Å²) in [5, 5.41) is 6.92. The molecule has 1 amide bonds. The quantitative estimate of drug-likeness (QED) is 0.824. The largest absolute Gasteiger partial charge is 0.351 e. The van der Waals surface area contributed by atoms with Crippen LogP contribution in [0.15, 0.2) is 27.8 Å². The van der Waals surface area contributed by atoms with Crippen LogP contribution in [-0.4, -0.2) is 18.2 Å². The van der Waals surface area contributed by atoms with Crippen LogP contribution in [0.1, 0.15) is 18.4 Å². The van der Waals surface area contributed by atoms with E-state index in [0.717, 1.165) is 29.5 Å². The van der Waals surface area contributed by atoms with Crippen molar-refractivity contribution in [1.82, 2.24) is 5.32 Å². The summed E-state index contributed by atoms with van der Waals surface area (Å²) in [5.74, 6) is -0.0769. The van der Waals surface area contributed by atoms with E-state index < -0.39 is 0 Å². The Labute approximate surface area is 109 Å². The van der Waals surface area contributed by atoms with E-state index in [1.54, 1.807) is 0 Å². The molecule has 4 nitrogen and oxygen atoms in total. The first-order valence-electron chi connectivity index (χ1n) is 5.54. The van der Waals surface area contributed by atoms with E-state index in [1.165, 1.54) is 5.56 Å². The molecule has 90 valence electrons. The van der Waals surface area contributed by atoms with Crippen molar-refractivity contribution < 1.29 is 4.79 Å². The van der Waals surface area contributed by atoms with Gasteiger partial charge in [-0.1, -0.05) is 6.07 Å². The maximum Gasteiger partial charge on any atom is 0.267 e. The Hall–Kier alpha value is -1.36. The Morgan fingerprint density at radius 1 is 1.47 bits per heavy atom. The molecule has 1 aliphatic heterocycles. The molecule has 0 spiro atoms. The van der Waals surface area contributed by atoms with Gasteiger partial charge in [-0.15, -0.1) is 0 Å². The zero-order chi connectivity index (χ0) is 12.3. The average molecular weight is 296 g/mol. The first kappa shape index (κ1) is 12.1. The molecule has 0 saturated carbocycles. The van der Waals surface area contributed by atoms with Gasteiger partial charge in [0.05, 0.1) is 5.69 Å². The smallest absolute Gasteiger partial charge is 0.267 e. The minimum atomic E-state index is -0.0769. The lowest BCUT2D eigenvalue weighted by molar-refractivity contribution is -0.115. The molecule has 0 bridgehead atoms. The van der Waals surface area contributed by atoms with Crippen LogP contribution in [0.3, 0.4) is 0 Å². The van der Waals surface area contributed by atoms with E-state index in [9.17, 15) is 4.79 Å². The van der Waals surface area contributed by atoms with Crippen LogP contribution >= 0.6 is 15.9 Å². The number of rotatable bonds is 2. The van der Waals surface area contributed by atoms with Crippen molar-refractivity contribution in [3.63, 3.8) is 0 Å². The average Bonchev–Trinajstić information content (AvgIpc) is 2.30. The highest BCUT2D eigenvalue weighted by atomic mass is 79.9. The number of anilines is 1. The van der Waals surface area contributed by atoms with Crippen molar-refractivity contribution in [2.24, 2.45) is 5.10 Å². The standard InChI is InChI=1S/C12H14BrN3O/c1-8-4-5-10(9(13)7-8)15-16-11-3-2-6-14-12(11)17/h4-5,7,15H,2-3,6H2,1H3,(H,14,17)/b16-11+. The molecule has 1 saturated heterocycles. The highest BCUT2D eigenvalue weighted by Gasteiger charge is 2.15. The third-order valence-electron chi connectivity index (χ3n) is 2.57. The second-order valence-electron chi connectivity index (χ2n) is 4.01. The molecule has 0 atom stereocenters. The minimum absolute atomic E-state index is 0.0769. The first-order chi connectivity index (χ1) is 8.16. The fourth-order valence-corrected chi connectivity index (χ4v) is 2.20. The van der Waals surface area contributed by atoms with Crippen LogP contribution in [0.4, 0.5) is 5.69 Å². The molecule has 0 unspecified atom stereocenters. The van der Waals surface area contributed by atoms with Crippen molar-refractivity contribution in [3.8, 4) is 0 Å². The Kier molecular flexibility index (Phi) is 3.78. The molecule has 2 rings (SSSR count). The topological polar surface area (TPSA) is 53.5 Å². The van der Waals surface area contributed by atoms with Crippen LogP contribution in [0, 0.1) is 6.92 Å². The fraction of sp³-hybridized carbons (Fsp3) is 0.333. The third kappa shape index (κ3) is 3.06. The Morgan fingerprint density at radius 3 is 3.00 bits per heavy atom. The van der Waals surface area contributed by atoms with Gasteiger partial charge >= 0.3 is 0 Å². The minimum Gasteiger partial charge on any atom is -0.351 e. The van der Waals surface area contributed by atoms with Gasteiger partial charge in [0.2, 0.25) is 0 Å². The van der Waals surface area contributed by atoms with E-state index in [1.807, 2.05) is 25.1 Å². The van der Waals surface area contributed by atoms with Crippen LogP contribution in [-0.2, 0) is 4.79 Å². The van der Waals surface area contributed by atoms with Gasteiger partial charge in [-0.2, -0.15) is 5.10 Å². The fourth-order valence-electron chi connectivity index (χ4n) is 1.62. The van der Waals surface area contributed by atoms with E-state index in [2.05, 4.69) is 31.8 Å². The number of nitrogens with one attached hydrogen (secondary N) is 2. The molecule has 17 heavy (non-hydrogen) atoms. The highest BCUT2D eigenvalue weighted by molar-refractivity contribution is 9.10. The van der Waals surface area contributed by atoms with Crippen molar-refractivity contribution in [1.29, 1.82) is 0 Å². The molecule has 0 aromatic heterocycles. The van der Waals surface area contributed by atoms with Crippen molar-refractivity contribution in [2.45, 2.75) is 19.8 Å². The molecule has 1 aromatic carbocycles. The normalized spacial score (nSPS) is 18.0. The lowest BCUT2D eigenvalue weighted by atomic mass is 10.1. The summed E-state index contributed by atoms with van der Waals surface area (Å²) in [5.41, 5.74) is 5.51. The van der Waals surface area contributed by atoms with E-state index in [0.29, 0.717) is 5.71 Å². The Bertz CT molecular complexity index is 471. The lowest BCUT2D eigenvalue weighted by Crippen LogP contribution is -2.37. The number of nitrogens with zero attached hydrogens (tertiary/aromatic N) is 1. The van der Waals surface area contributed by atoms with Crippen LogP contribution in [0.25, 0.3) is 0 Å². The predicted octanol–water partition coefficient (Wildman–Crippen LogP) is 2.44. The Morgan fingerprint density at radius 2 is 2.29 bits per heavy atom. The van der Waals surface area contributed by atoms with Gasteiger partial charge in [-0.25, -0.2) is 0 Å². The van der Waals surface area contributed by atoms with Crippen molar-refractivity contribution in [3.05, 3.63) is 28.2 Å². The summed E-state index contributed by atoms with van der Waals surface area (Å²) < 4.78 is 0.943. The number of hydrogen-bond donors (Lipinski definition) is 2. The van der Waals surface area contributed by atoms with Crippen molar-refractivity contribution in [2.75, 3.05) is 12.0 Å². The molecular weight excluding hydrogens is 282 g/mol. The summed E-state index contributed by atoms with van der Waals surface area (Å²) in [6, 6.07) is 5.93. The predicted molar refractivity (Wildman–Crippen MR) is 72.2 cm³/mol. The number of hydrogen-bond acceptors (Lipinski definition) is 3. The zero-order valence-corrected chi connectivity index (χ0v) is 11.2. The van der Waals surface area contributed by atoms with Crippen LogP contribution in [0.2, 0.25) is 0 Å². The lowest BCUT2D eigenvalue weighted by Gasteiger charge is -2.14. The maximum absolute atomic E-state index is 11.5. The van der Waals surface area contributed by atoms with Crippen molar-refractivity contribution >= 4 is 33.2 Å². The SMILES string of the molecule is Cc1ccc(N/N=C2\CCCNC2=O)c(Br)c1. The number of benzene rings is 1. The summed E-state index contributed by atoms with van der Waals surface area (Å²) in [6.45, 7) is 2.76. The van der Waals surface area contributed by atoms with Crippen LogP contribution in [0.5, 0.6) is 0 Å². The molecule has 0 radical (unpaired) electrons. The molecule has 2 N–H and O–H groups in total. The number of carbonyl (C=O) groups excluding carboxylic acids is 1. The number of halogens is 1. The van der Waals surface area contributed by atoms with Crippen LogP contribution < -0.4 is 10.7 Å². The van der Waals surface area contributed by atoms with E-state index in [4.69, 9.17) is 0 Å². The number of aryl methyl sites for hydroxylation is 1. The summed E-state index contributed by atoms with van der Waals surface area (Å²) >= 11 is 3.45. The molecule has 5 heteroatoms. The second kappa shape index (κ2) is 5.31. The third-order valence-corrected chi connectivity index (χ3v) is 3.23. The zero-order valence-electron chi connectivity index (χ0n) is 9.59. The monoisotopic (exact) mass is 295 g/mol. The van der Waals surface area contributed by atoms with Gasteiger partial charge in [0.25, 0.3) is 5.91 Å². The molecule has 1 aliphatic rings. The number of hydrazone groups is 1. The number of piperidine rings is 1. The highest BCUT2D eigenvalue weighted by Crippen LogP contribution is 2.23. The Balaban J connectivity index is 2.10. The summed E-state index contributed by atoms with van der Waals surface area (Å²) in [6.07, 6.45) is 1.67. The first-order valence-corrected chi connectivity index (χ1v) is 6.33. The van der Waals surface area contributed by atoms with Gasteiger partial charge in [0.15, 0.2) is 0 Å². The summed E-state index contributed by atoms with van der Waals surface area (Å²) in [4.78, 5) is 11.5. The van der Waals surface area contributed by atoms with E-state index in [-0.39, 0.29) is 5.91 Å². The maximum atomic E-state index is 11.5. The molecule has 1 fully saturated rings. The van der Waals surface area contributed by atoms with Gasteiger partial charge in [-0.3, -0.25) is 10.2 Å². The van der Waals surface area contributed by atoms with Gasteiger partial charge in [0, 0.05) is 11.0 Å². The van der Waals surface area contributed by atoms with Gasteiger partial charge < -0.3 is 5.32 Å². The molecule has 0 aliphatic carbocycles. The van der Waals surface area contributed by atoms with Gasteiger partial charge in [0.1, 0.15) is 5.71 Å². The summed E-state index contributed by atoms with van der Waals surface area (Å²) in [7, 11) is 0.